The van der Waals surface area contributed by atoms with E-state index in [9.17, 15) is 4.79 Å². The van der Waals surface area contributed by atoms with E-state index in [2.05, 4.69) is 10.6 Å². The van der Waals surface area contributed by atoms with Gasteiger partial charge in [0, 0.05) is 12.6 Å². The molecule has 1 aliphatic heterocycles. The predicted molar refractivity (Wildman–Crippen MR) is 61.4 cm³/mol. The first kappa shape index (κ1) is 11.2. The topological polar surface area (TPSA) is 54.3 Å². The Bertz CT molecular complexity index is 354. The Morgan fingerprint density at radius 1 is 1.62 bits per heavy atom. The van der Waals surface area contributed by atoms with Crippen LogP contribution in [0.15, 0.2) is 16.7 Å². The molecule has 2 N–H and O–H groups in total. The predicted octanol–water partition coefficient (Wildman–Crippen LogP) is 1.46. The van der Waals surface area contributed by atoms with Crippen LogP contribution in [0.3, 0.4) is 0 Å². The summed E-state index contributed by atoms with van der Waals surface area (Å²) in [5.74, 6) is 0.632. The summed E-state index contributed by atoms with van der Waals surface area (Å²) in [6, 6.07) is 2.13. The number of piperidine rings is 1. The summed E-state index contributed by atoms with van der Waals surface area (Å²) in [4.78, 5) is 11.8. The Hall–Kier alpha value is -1.29. The molecular weight excluding hydrogens is 204 g/mol. The van der Waals surface area contributed by atoms with E-state index < -0.39 is 0 Å². The standard InChI is InChI=1S/C12H18N2O2/c1-9-11(5-7-16-9)12(15)14-8-10-4-2-3-6-13-10/h5,7,10,13H,2-4,6,8H2,1H3,(H,14,15). The lowest BCUT2D eigenvalue weighted by Crippen LogP contribution is -2.43. The maximum atomic E-state index is 11.8. The SMILES string of the molecule is Cc1occc1C(=O)NCC1CCCCN1. The molecule has 2 heterocycles. The van der Waals surface area contributed by atoms with Crippen molar-refractivity contribution in [2.24, 2.45) is 0 Å². The highest BCUT2D eigenvalue weighted by Crippen LogP contribution is 2.09. The van der Waals surface area contributed by atoms with Crippen LogP contribution in [0, 0.1) is 6.92 Å². The Kier molecular flexibility index (Phi) is 3.62. The zero-order chi connectivity index (χ0) is 11.4. The summed E-state index contributed by atoms with van der Waals surface area (Å²) < 4.78 is 5.10. The van der Waals surface area contributed by atoms with Crippen LogP contribution in [-0.2, 0) is 0 Å². The van der Waals surface area contributed by atoms with E-state index in [-0.39, 0.29) is 5.91 Å². The minimum absolute atomic E-state index is 0.0429. The number of furan rings is 1. The lowest BCUT2D eigenvalue weighted by Gasteiger charge is -2.23. The molecule has 16 heavy (non-hydrogen) atoms. The van der Waals surface area contributed by atoms with Gasteiger partial charge in [-0.1, -0.05) is 6.42 Å². The second kappa shape index (κ2) is 5.16. The molecule has 0 radical (unpaired) electrons. The van der Waals surface area contributed by atoms with Crippen molar-refractivity contribution < 1.29 is 9.21 Å². The highest BCUT2D eigenvalue weighted by Gasteiger charge is 2.15. The van der Waals surface area contributed by atoms with E-state index >= 15 is 0 Å². The Labute approximate surface area is 95.4 Å². The van der Waals surface area contributed by atoms with Gasteiger partial charge in [-0.05, 0) is 32.4 Å². The highest BCUT2D eigenvalue weighted by atomic mass is 16.3. The monoisotopic (exact) mass is 222 g/mol. The first-order chi connectivity index (χ1) is 7.77. The van der Waals surface area contributed by atoms with Gasteiger partial charge in [-0.2, -0.15) is 0 Å². The van der Waals surface area contributed by atoms with E-state index in [1.165, 1.54) is 12.8 Å². The van der Waals surface area contributed by atoms with Crippen molar-refractivity contribution in [3.8, 4) is 0 Å². The van der Waals surface area contributed by atoms with Crippen molar-refractivity contribution in [1.29, 1.82) is 0 Å². The molecule has 1 amide bonds. The summed E-state index contributed by atoms with van der Waals surface area (Å²) >= 11 is 0. The molecule has 2 rings (SSSR count). The van der Waals surface area contributed by atoms with E-state index in [1.54, 1.807) is 19.3 Å². The zero-order valence-electron chi connectivity index (χ0n) is 9.58. The fraction of sp³-hybridized carbons (Fsp3) is 0.583. The summed E-state index contributed by atoms with van der Waals surface area (Å²) in [6.07, 6.45) is 5.18. The molecule has 1 aromatic rings. The number of carbonyl (C=O) groups is 1. The quantitative estimate of drug-likeness (QED) is 0.814. The van der Waals surface area contributed by atoms with Gasteiger partial charge in [0.2, 0.25) is 0 Å². The summed E-state index contributed by atoms with van der Waals surface area (Å²) in [6.45, 7) is 3.56. The van der Waals surface area contributed by atoms with Crippen molar-refractivity contribution in [3.05, 3.63) is 23.7 Å². The van der Waals surface area contributed by atoms with Crippen molar-refractivity contribution in [2.45, 2.75) is 32.2 Å². The van der Waals surface area contributed by atoms with Gasteiger partial charge < -0.3 is 15.1 Å². The number of hydrogen-bond acceptors (Lipinski definition) is 3. The fourth-order valence-corrected chi connectivity index (χ4v) is 2.03. The maximum Gasteiger partial charge on any atom is 0.254 e. The first-order valence-corrected chi connectivity index (χ1v) is 5.83. The van der Waals surface area contributed by atoms with Crippen LogP contribution in [-0.4, -0.2) is 25.0 Å². The van der Waals surface area contributed by atoms with Crippen LogP contribution < -0.4 is 10.6 Å². The molecule has 88 valence electrons. The van der Waals surface area contributed by atoms with Gasteiger partial charge in [0.1, 0.15) is 5.76 Å². The van der Waals surface area contributed by atoms with Gasteiger partial charge in [-0.3, -0.25) is 4.79 Å². The minimum Gasteiger partial charge on any atom is -0.469 e. The van der Waals surface area contributed by atoms with Crippen LogP contribution in [0.5, 0.6) is 0 Å². The second-order valence-corrected chi connectivity index (χ2v) is 4.25. The van der Waals surface area contributed by atoms with Crippen LogP contribution in [0.1, 0.15) is 35.4 Å². The van der Waals surface area contributed by atoms with Crippen molar-refractivity contribution >= 4 is 5.91 Å². The zero-order valence-corrected chi connectivity index (χ0v) is 9.58. The molecule has 4 heteroatoms. The third-order valence-electron chi connectivity index (χ3n) is 3.02. The molecule has 1 aromatic heterocycles. The van der Waals surface area contributed by atoms with Crippen molar-refractivity contribution in [3.63, 3.8) is 0 Å². The largest absolute Gasteiger partial charge is 0.469 e. The molecule has 0 spiro atoms. The lowest BCUT2D eigenvalue weighted by atomic mass is 10.1. The van der Waals surface area contributed by atoms with Crippen molar-refractivity contribution in [1.82, 2.24) is 10.6 Å². The normalized spacial score (nSPS) is 20.7. The highest BCUT2D eigenvalue weighted by molar-refractivity contribution is 5.95. The molecule has 0 aliphatic carbocycles. The average molecular weight is 222 g/mol. The van der Waals surface area contributed by atoms with E-state index in [4.69, 9.17) is 4.42 Å². The molecular formula is C12H18N2O2. The molecule has 1 unspecified atom stereocenters. The smallest absolute Gasteiger partial charge is 0.254 e. The molecule has 1 aliphatic rings. The Balaban J connectivity index is 1.81. The molecule has 0 saturated carbocycles. The van der Waals surface area contributed by atoms with Crippen LogP contribution in [0.4, 0.5) is 0 Å². The number of hydrogen-bond donors (Lipinski definition) is 2. The number of nitrogens with one attached hydrogen (secondary N) is 2. The second-order valence-electron chi connectivity index (χ2n) is 4.25. The van der Waals surface area contributed by atoms with Crippen molar-refractivity contribution in [2.75, 3.05) is 13.1 Å². The van der Waals surface area contributed by atoms with Crippen LogP contribution >= 0.6 is 0 Å². The average Bonchev–Trinajstić information content (AvgIpc) is 2.74. The molecule has 1 fully saturated rings. The van der Waals surface area contributed by atoms with Gasteiger partial charge in [-0.15, -0.1) is 0 Å². The molecule has 1 saturated heterocycles. The number of aryl methyl sites for hydroxylation is 1. The third kappa shape index (κ3) is 2.64. The van der Waals surface area contributed by atoms with Gasteiger partial charge in [0.05, 0.1) is 11.8 Å². The Morgan fingerprint density at radius 2 is 2.50 bits per heavy atom. The van der Waals surface area contributed by atoms with Gasteiger partial charge >= 0.3 is 0 Å². The summed E-state index contributed by atoms with van der Waals surface area (Å²) in [5.41, 5.74) is 0.635. The Morgan fingerprint density at radius 3 is 3.12 bits per heavy atom. The van der Waals surface area contributed by atoms with Gasteiger partial charge in [0.15, 0.2) is 0 Å². The molecule has 0 bridgehead atoms. The summed E-state index contributed by atoms with van der Waals surface area (Å²) in [5, 5.41) is 6.33. The maximum absolute atomic E-state index is 11.8. The molecule has 0 aromatic carbocycles. The summed E-state index contributed by atoms with van der Waals surface area (Å²) in [7, 11) is 0. The van der Waals surface area contributed by atoms with E-state index in [0.29, 0.717) is 23.9 Å². The van der Waals surface area contributed by atoms with Gasteiger partial charge in [-0.25, -0.2) is 0 Å². The fourth-order valence-electron chi connectivity index (χ4n) is 2.03. The number of rotatable bonds is 3. The van der Waals surface area contributed by atoms with Crippen LogP contribution in [0.2, 0.25) is 0 Å². The van der Waals surface area contributed by atoms with Gasteiger partial charge in [0.25, 0.3) is 5.91 Å². The van der Waals surface area contributed by atoms with E-state index in [1.807, 2.05) is 0 Å². The molecule has 1 atom stereocenters. The van der Waals surface area contributed by atoms with E-state index in [0.717, 1.165) is 13.0 Å². The number of amides is 1. The minimum atomic E-state index is -0.0429. The lowest BCUT2D eigenvalue weighted by molar-refractivity contribution is 0.0946. The first-order valence-electron chi connectivity index (χ1n) is 5.83. The van der Waals surface area contributed by atoms with Crippen LogP contribution in [0.25, 0.3) is 0 Å². The molecule has 4 nitrogen and oxygen atoms in total. The number of carbonyl (C=O) groups excluding carboxylic acids is 1. The third-order valence-corrected chi connectivity index (χ3v) is 3.02.